The summed E-state index contributed by atoms with van der Waals surface area (Å²) in [7, 11) is 3.35. The molecule has 286 valence electrons. The number of cyclic esters (lactones) is 1. The van der Waals surface area contributed by atoms with Crippen LogP contribution in [-0.2, 0) is 33.3 Å². The van der Waals surface area contributed by atoms with Gasteiger partial charge in [0.05, 0.1) is 30.7 Å². The van der Waals surface area contributed by atoms with Gasteiger partial charge < -0.3 is 33.5 Å². The van der Waals surface area contributed by atoms with Crippen molar-refractivity contribution in [3.63, 3.8) is 0 Å². The number of nitrogens with one attached hydrogen (secondary N) is 1. The third kappa shape index (κ3) is 10.3. The second-order valence-corrected chi connectivity index (χ2v) is 16.6. The molecule has 11 unspecified atom stereocenters. The van der Waals surface area contributed by atoms with Gasteiger partial charge in [0.15, 0.2) is 0 Å². The molecule has 11 atom stereocenters. The number of hydrazine groups is 1. The highest BCUT2D eigenvalue weighted by Crippen LogP contribution is 2.40. The summed E-state index contributed by atoms with van der Waals surface area (Å²) in [6.07, 6.45) is 12.5. The minimum absolute atomic E-state index is 0.0284. The predicted octanol–water partition coefficient (Wildman–Crippen LogP) is 4.25. The first-order valence-electron chi connectivity index (χ1n) is 20.0. The van der Waals surface area contributed by atoms with E-state index in [1.807, 2.05) is 0 Å². The van der Waals surface area contributed by atoms with E-state index < -0.39 is 0 Å². The molecule has 3 saturated carbocycles. The Morgan fingerprint density at radius 1 is 0.840 bits per heavy atom. The summed E-state index contributed by atoms with van der Waals surface area (Å²) in [5, 5.41) is 2.41. The molecule has 0 amide bonds. The predicted molar refractivity (Wildman–Crippen MR) is 192 cm³/mol. The summed E-state index contributed by atoms with van der Waals surface area (Å²) in [6, 6.07) is 0.287. The fourth-order valence-electron chi connectivity index (χ4n) is 9.75. The second kappa shape index (κ2) is 19.3. The molecule has 3 aliphatic heterocycles. The van der Waals surface area contributed by atoms with E-state index in [2.05, 4.69) is 20.2 Å². The van der Waals surface area contributed by atoms with E-state index in [1.54, 1.807) is 14.2 Å². The number of fused-ring (bicyclic) bond motifs is 6. The Labute approximate surface area is 305 Å². The van der Waals surface area contributed by atoms with Gasteiger partial charge in [0.2, 0.25) is 0 Å². The fraction of sp³-hybridized carbons (Fsp3) is 0.947. The zero-order chi connectivity index (χ0) is 34.9. The van der Waals surface area contributed by atoms with E-state index in [-0.39, 0.29) is 59.6 Å². The second-order valence-electron chi connectivity index (χ2n) is 16.0. The number of nitrogens with zero attached hydrogens (tertiary/aromatic N) is 3. The van der Waals surface area contributed by atoms with Gasteiger partial charge >= 0.3 is 11.9 Å². The lowest BCUT2D eigenvalue weighted by Crippen LogP contribution is -2.49. The van der Waals surface area contributed by atoms with Crippen LogP contribution in [0.2, 0.25) is 0 Å². The van der Waals surface area contributed by atoms with Gasteiger partial charge in [-0.2, -0.15) is 0 Å². The Morgan fingerprint density at radius 2 is 1.62 bits per heavy atom. The van der Waals surface area contributed by atoms with Crippen LogP contribution < -0.4 is 5.43 Å². The van der Waals surface area contributed by atoms with Gasteiger partial charge in [0, 0.05) is 77.4 Å². The van der Waals surface area contributed by atoms with Crippen molar-refractivity contribution in [2.75, 3.05) is 79.8 Å². The molecule has 3 saturated heterocycles. The van der Waals surface area contributed by atoms with Crippen LogP contribution in [0.1, 0.15) is 89.9 Å². The highest BCUT2D eigenvalue weighted by Gasteiger charge is 2.47. The summed E-state index contributed by atoms with van der Waals surface area (Å²) in [5.41, 5.74) is 3.67. The number of methoxy groups -OCH3 is 2. The van der Waals surface area contributed by atoms with Crippen molar-refractivity contribution in [1.82, 2.24) is 20.2 Å². The normalized spacial score (nSPS) is 40.5. The van der Waals surface area contributed by atoms with E-state index >= 15 is 0 Å². The Hall–Kier alpha value is -1.05. The molecule has 6 aliphatic rings. The van der Waals surface area contributed by atoms with Crippen molar-refractivity contribution < 1.29 is 33.3 Å². The zero-order valence-electron chi connectivity index (χ0n) is 30.8. The molecule has 12 heteroatoms. The standard InChI is InChI=1S/C38H65ClN4O7/c1-46-34-23-29-24-35(36(34)47-2)48-19-6-11-30(12-16-42-14-7-13-41(17-18-42)15-8-20-49-37(29)44)50-38(45)28-21-32(39)31-25-40-43(33(31)22-28)26-27-9-4-3-5-10-27/h27-36,40H,3-26H2,1-2H3. The maximum absolute atomic E-state index is 14.0. The minimum Gasteiger partial charge on any atom is -0.465 e. The van der Waals surface area contributed by atoms with Gasteiger partial charge in [-0.25, -0.2) is 5.01 Å². The summed E-state index contributed by atoms with van der Waals surface area (Å²) < 4.78 is 30.3. The Morgan fingerprint density at radius 3 is 2.40 bits per heavy atom. The molecule has 4 bridgehead atoms. The van der Waals surface area contributed by atoms with Gasteiger partial charge in [0.1, 0.15) is 12.2 Å². The number of alkyl halides is 1. The largest absolute Gasteiger partial charge is 0.465 e. The molecule has 3 heterocycles. The monoisotopic (exact) mass is 724 g/mol. The third-order valence-electron chi connectivity index (χ3n) is 12.7. The molecule has 0 aromatic heterocycles. The van der Waals surface area contributed by atoms with Crippen molar-refractivity contribution in [1.29, 1.82) is 0 Å². The highest BCUT2D eigenvalue weighted by molar-refractivity contribution is 6.21. The van der Waals surface area contributed by atoms with Crippen LogP contribution in [0.4, 0.5) is 0 Å². The number of hydrogen-bond acceptors (Lipinski definition) is 11. The molecular formula is C38H65ClN4O7. The first kappa shape index (κ1) is 38.7. The van der Waals surface area contributed by atoms with Gasteiger partial charge in [-0.1, -0.05) is 19.3 Å². The van der Waals surface area contributed by atoms with Crippen LogP contribution in [0.5, 0.6) is 0 Å². The van der Waals surface area contributed by atoms with E-state index in [4.69, 9.17) is 35.3 Å². The average Bonchev–Trinajstić information content (AvgIpc) is 3.39. The maximum Gasteiger partial charge on any atom is 0.309 e. The van der Waals surface area contributed by atoms with Crippen LogP contribution >= 0.6 is 11.6 Å². The Kier molecular flexibility index (Phi) is 14.9. The number of rotatable bonds is 6. The Bertz CT molecular complexity index is 1070. The number of carbonyl (C=O) groups is 2. The summed E-state index contributed by atoms with van der Waals surface area (Å²) in [5.74, 6) is 0.392. The first-order chi connectivity index (χ1) is 24.4. The number of ether oxygens (including phenoxy) is 5. The van der Waals surface area contributed by atoms with E-state index in [0.717, 1.165) is 96.8 Å². The molecule has 3 aliphatic carbocycles. The molecular weight excluding hydrogens is 660 g/mol. The molecule has 1 N–H and O–H groups in total. The molecule has 0 aromatic rings. The lowest BCUT2D eigenvalue weighted by Gasteiger charge is -2.39. The lowest BCUT2D eigenvalue weighted by molar-refractivity contribution is -0.172. The third-order valence-corrected chi connectivity index (χ3v) is 13.2. The molecule has 6 rings (SSSR count). The minimum atomic E-state index is -0.284. The highest BCUT2D eigenvalue weighted by atomic mass is 35.5. The molecule has 11 nitrogen and oxygen atoms in total. The molecule has 0 aromatic carbocycles. The topological polar surface area (TPSA) is 102 Å². The van der Waals surface area contributed by atoms with Gasteiger partial charge in [-0.05, 0) is 89.6 Å². The number of carbonyl (C=O) groups excluding carboxylic acids is 2. The average molecular weight is 725 g/mol. The van der Waals surface area contributed by atoms with Crippen LogP contribution in [-0.4, -0.2) is 142 Å². The maximum atomic E-state index is 14.0. The molecule has 6 fully saturated rings. The number of halogens is 1. The number of esters is 2. The number of hydrogen-bond donors (Lipinski definition) is 1. The van der Waals surface area contributed by atoms with E-state index in [9.17, 15) is 9.59 Å². The van der Waals surface area contributed by atoms with Crippen molar-refractivity contribution in [2.24, 2.45) is 23.7 Å². The van der Waals surface area contributed by atoms with Crippen LogP contribution in [0.3, 0.4) is 0 Å². The van der Waals surface area contributed by atoms with Crippen molar-refractivity contribution in [2.45, 2.75) is 126 Å². The molecule has 0 radical (unpaired) electrons. The van der Waals surface area contributed by atoms with E-state index in [1.165, 1.54) is 32.1 Å². The van der Waals surface area contributed by atoms with Crippen LogP contribution in [0.25, 0.3) is 0 Å². The molecule has 50 heavy (non-hydrogen) atoms. The smallest absolute Gasteiger partial charge is 0.309 e. The van der Waals surface area contributed by atoms with Gasteiger partial charge in [-0.3, -0.25) is 15.0 Å². The van der Waals surface area contributed by atoms with E-state index in [0.29, 0.717) is 38.4 Å². The lowest BCUT2D eigenvalue weighted by atomic mass is 9.78. The van der Waals surface area contributed by atoms with Gasteiger partial charge in [-0.15, -0.1) is 11.6 Å². The quantitative estimate of drug-likeness (QED) is 0.314. The summed E-state index contributed by atoms with van der Waals surface area (Å²) in [4.78, 5) is 32.1. The first-order valence-corrected chi connectivity index (χ1v) is 20.5. The van der Waals surface area contributed by atoms with Crippen molar-refractivity contribution >= 4 is 23.5 Å². The molecule has 0 spiro atoms. The summed E-state index contributed by atoms with van der Waals surface area (Å²) in [6.45, 7) is 8.79. The van der Waals surface area contributed by atoms with Crippen LogP contribution in [0, 0.1) is 23.7 Å². The van der Waals surface area contributed by atoms with Gasteiger partial charge in [0.25, 0.3) is 0 Å². The SMILES string of the molecule is COC1CC2CC(OCCCC(OC(=O)C3CC(Cl)C4CNN(CC5CCCCC5)C4C3)CCN3CCCN(CCCOC2=O)CC3)C1OC. The Balaban J connectivity index is 1.09. The van der Waals surface area contributed by atoms with Crippen molar-refractivity contribution in [3.8, 4) is 0 Å². The summed E-state index contributed by atoms with van der Waals surface area (Å²) >= 11 is 7.02. The van der Waals surface area contributed by atoms with Crippen LogP contribution in [0.15, 0.2) is 0 Å². The zero-order valence-corrected chi connectivity index (χ0v) is 31.6. The van der Waals surface area contributed by atoms with Crippen molar-refractivity contribution in [3.05, 3.63) is 0 Å². The fourth-order valence-corrected chi connectivity index (χ4v) is 10.2.